The van der Waals surface area contributed by atoms with Crippen LogP contribution in [0.15, 0.2) is 30.3 Å². The summed E-state index contributed by atoms with van der Waals surface area (Å²) < 4.78 is 5.93. The second-order valence-corrected chi connectivity index (χ2v) is 4.96. The van der Waals surface area contributed by atoms with Gasteiger partial charge in [-0.1, -0.05) is 18.2 Å². The number of ether oxygens (including phenoxy) is 1. The van der Waals surface area contributed by atoms with E-state index in [1.54, 1.807) is 0 Å². The van der Waals surface area contributed by atoms with Crippen LogP contribution in [0, 0.1) is 0 Å². The van der Waals surface area contributed by atoms with Crippen molar-refractivity contribution in [3.8, 4) is 0 Å². The van der Waals surface area contributed by atoms with Gasteiger partial charge in [0.05, 0.1) is 32.7 Å². The molecule has 1 aliphatic rings. The number of carbonyl (C=O) groups excluding carboxylic acids is 1. The largest absolute Gasteiger partial charge is 0.466 e. The molecule has 1 heterocycles. The maximum absolute atomic E-state index is 11.6. The Morgan fingerprint density at radius 3 is 2.58 bits per heavy atom. The molecule has 4 nitrogen and oxygen atoms in total. The van der Waals surface area contributed by atoms with Gasteiger partial charge in [0.25, 0.3) is 0 Å². The highest BCUT2D eigenvalue weighted by atomic mass is 16.5. The summed E-state index contributed by atoms with van der Waals surface area (Å²) in [5.41, 5.74) is 1.30. The van der Waals surface area contributed by atoms with Crippen molar-refractivity contribution in [2.75, 3.05) is 39.3 Å². The van der Waals surface area contributed by atoms with Crippen molar-refractivity contribution >= 4 is 11.7 Å². The van der Waals surface area contributed by atoms with E-state index < -0.39 is 0 Å². The molecule has 1 fully saturated rings. The van der Waals surface area contributed by atoms with Crippen molar-refractivity contribution < 1.29 is 9.53 Å². The Labute approximate surface area is 115 Å². The minimum absolute atomic E-state index is 0.0885. The third-order valence-electron chi connectivity index (χ3n) is 3.79. The van der Waals surface area contributed by atoms with E-state index in [1.807, 2.05) is 13.0 Å². The third-order valence-corrected chi connectivity index (χ3v) is 3.79. The smallest absolute Gasteiger partial charge is 0.311 e. The van der Waals surface area contributed by atoms with Crippen molar-refractivity contribution in [3.05, 3.63) is 30.3 Å². The molecule has 0 saturated carbocycles. The second kappa shape index (κ2) is 6.68. The van der Waals surface area contributed by atoms with E-state index in [1.165, 1.54) is 5.69 Å². The molecule has 0 atom stereocenters. The average Bonchev–Trinajstić information content (AvgIpc) is 2.47. The fraction of sp³-hybridized carbons (Fsp3) is 0.533. The predicted octanol–water partition coefficient (Wildman–Crippen LogP) is 1.55. The van der Waals surface area contributed by atoms with Crippen LogP contribution in [0.5, 0.6) is 0 Å². The van der Waals surface area contributed by atoms with Crippen LogP contribution < -0.4 is 9.80 Å². The Balaban J connectivity index is 2.09. The number of hydrogen-bond acceptors (Lipinski definition) is 3. The van der Waals surface area contributed by atoms with Gasteiger partial charge in [0.15, 0.2) is 0 Å². The van der Waals surface area contributed by atoms with Crippen molar-refractivity contribution in [1.82, 2.24) is 9.80 Å². The van der Waals surface area contributed by atoms with E-state index in [4.69, 9.17) is 4.74 Å². The summed E-state index contributed by atoms with van der Waals surface area (Å²) in [7, 11) is 0. The van der Waals surface area contributed by atoms with Crippen molar-refractivity contribution in [2.45, 2.75) is 13.3 Å². The molecule has 0 unspecified atom stereocenters. The predicted molar refractivity (Wildman–Crippen MR) is 77.0 cm³/mol. The molecule has 104 valence electrons. The molecule has 0 bridgehead atoms. The first kappa shape index (κ1) is 14.0. The van der Waals surface area contributed by atoms with Crippen molar-refractivity contribution in [1.29, 1.82) is 0 Å². The quantitative estimate of drug-likeness (QED) is 0.647. The lowest BCUT2D eigenvalue weighted by Gasteiger charge is -2.41. The van der Waals surface area contributed by atoms with E-state index in [9.17, 15) is 4.79 Å². The fourth-order valence-electron chi connectivity index (χ4n) is 2.72. The van der Waals surface area contributed by atoms with E-state index in [0.717, 1.165) is 37.2 Å². The lowest BCUT2D eigenvalue weighted by Crippen LogP contribution is -2.60. The van der Waals surface area contributed by atoms with Gasteiger partial charge in [-0.15, -0.1) is 0 Å². The number of nitrogens with one attached hydrogen (secondary N) is 1. The highest BCUT2D eigenvalue weighted by molar-refractivity contribution is 5.70. The summed E-state index contributed by atoms with van der Waals surface area (Å²) in [5.74, 6) is -0.0885. The first-order valence-corrected chi connectivity index (χ1v) is 7.05. The summed E-state index contributed by atoms with van der Waals surface area (Å²) in [6, 6.07) is 10.5. The van der Waals surface area contributed by atoms with Gasteiger partial charge in [-0.2, -0.15) is 0 Å². The number of rotatable bonds is 5. The van der Waals surface area contributed by atoms with E-state index >= 15 is 0 Å². The van der Waals surface area contributed by atoms with Crippen LogP contribution in [0.4, 0.5) is 5.69 Å². The molecule has 0 aliphatic carbocycles. The van der Waals surface area contributed by atoms with Crippen LogP contribution in [-0.2, 0) is 9.53 Å². The molecule has 0 spiro atoms. The van der Waals surface area contributed by atoms with Gasteiger partial charge in [-0.05, 0) is 19.1 Å². The molecular weight excluding hydrogens is 240 g/mol. The molecule has 1 aromatic carbocycles. The Morgan fingerprint density at radius 1 is 1.26 bits per heavy atom. The minimum Gasteiger partial charge on any atom is -0.466 e. The topological polar surface area (TPSA) is 38.3 Å². The zero-order chi connectivity index (χ0) is 13.6. The van der Waals surface area contributed by atoms with Crippen LogP contribution in [0.1, 0.15) is 13.3 Å². The normalized spacial score (nSPS) is 17.9. The molecule has 1 saturated heterocycles. The molecule has 1 aromatic rings. The Kier molecular flexibility index (Phi) is 4.93. The number of quaternary nitrogens is 1. The van der Waals surface area contributed by atoms with Crippen LogP contribution >= 0.6 is 0 Å². The zero-order valence-electron chi connectivity index (χ0n) is 11.6. The number of para-hydroxylation sites is 1. The number of carbonyl (C=O) groups is 1. The number of esters is 1. The molecular formula is C15H23N2O2+. The van der Waals surface area contributed by atoms with Crippen molar-refractivity contribution in [3.63, 3.8) is 0 Å². The Morgan fingerprint density at radius 2 is 1.95 bits per heavy atom. The van der Waals surface area contributed by atoms with Crippen LogP contribution in [0.25, 0.3) is 0 Å². The maximum atomic E-state index is 11.6. The summed E-state index contributed by atoms with van der Waals surface area (Å²) in [4.78, 5) is 11.6. The van der Waals surface area contributed by atoms with Gasteiger partial charge in [-0.25, -0.2) is 0 Å². The van der Waals surface area contributed by atoms with Crippen LogP contribution in [-0.4, -0.2) is 45.3 Å². The number of nitrogens with zero attached hydrogens (tertiary/aromatic N) is 1. The third kappa shape index (κ3) is 3.55. The van der Waals surface area contributed by atoms with E-state index in [2.05, 4.69) is 29.6 Å². The number of benzene rings is 1. The Hall–Kier alpha value is -1.39. The fourth-order valence-corrected chi connectivity index (χ4v) is 2.72. The van der Waals surface area contributed by atoms with Gasteiger partial charge in [0.1, 0.15) is 5.69 Å². The van der Waals surface area contributed by atoms with E-state index in [-0.39, 0.29) is 5.97 Å². The molecule has 4 heteroatoms. The van der Waals surface area contributed by atoms with Gasteiger partial charge in [-0.3, -0.25) is 9.28 Å². The number of piperazine rings is 1. The molecule has 0 aromatic heterocycles. The van der Waals surface area contributed by atoms with Crippen LogP contribution in [0.2, 0.25) is 0 Å². The van der Waals surface area contributed by atoms with Gasteiger partial charge < -0.3 is 10.1 Å². The Bertz CT molecular complexity index is 400. The first-order valence-electron chi connectivity index (χ1n) is 7.05. The van der Waals surface area contributed by atoms with Crippen LogP contribution in [0.3, 0.4) is 0 Å². The maximum Gasteiger partial charge on any atom is 0.311 e. The lowest BCUT2D eigenvalue weighted by molar-refractivity contribution is -0.143. The standard InChI is InChI=1S/C15H23N2O2/c1-2-19-15(18)8-11-17(12-9-16-10-13-17)14-6-4-3-5-7-14/h3-7,16H,2,8-13H2,1H3/q+1. The number of hydrogen-bond donors (Lipinski definition) is 1. The molecule has 19 heavy (non-hydrogen) atoms. The molecule has 1 N–H and O–H groups in total. The monoisotopic (exact) mass is 263 g/mol. The lowest BCUT2D eigenvalue weighted by atomic mass is 10.1. The molecule has 0 amide bonds. The summed E-state index contributed by atoms with van der Waals surface area (Å²) >= 11 is 0. The van der Waals surface area contributed by atoms with E-state index in [0.29, 0.717) is 13.0 Å². The molecule has 0 radical (unpaired) electrons. The first-order chi connectivity index (χ1) is 9.27. The average molecular weight is 263 g/mol. The summed E-state index contributed by atoms with van der Waals surface area (Å²) in [5, 5.41) is 3.39. The van der Waals surface area contributed by atoms with Gasteiger partial charge >= 0.3 is 5.97 Å². The van der Waals surface area contributed by atoms with Gasteiger partial charge in [0, 0.05) is 13.1 Å². The zero-order valence-corrected chi connectivity index (χ0v) is 11.6. The second-order valence-electron chi connectivity index (χ2n) is 4.96. The highest BCUT2D eigenvalue weighted by Gasteiger charge is 2.32. The SMILES string of the molecule is CCOC(=O)CC[N+]1(c2ccccc2)CCNCC1. The van der Waals surface area contributed by atoms with Gasteiger partial charge in [0.2, 0.25) is 0 Å². The minimum atomic E-state index is -0.0885. The molecule has 2 rings (SSSR count). The highest BCUT2D eigenvalue weighted by Crippen LogP contribution is 2.24. The van der Waals surface area contributed by atoms with Crippen molar-refractivity contribution in [2.24, 2.45) is 0 Å². The molecule has 1 aliphatic heterocycles. The summed E-state index contributed by atoms with van der Waals surface area (Å²) in [6.45, 7) is 7.20. The summed E-state index contributed by atoms with van der Waals surface area (Å²) in [6.07, 6.45) is 0.489.